The number of carbonyl (C=O) groups is 1. The SMILES string of the molecule is CCCCCCSC[n+]1cccc(C(N)=O)c1. The van der Waals surface area contributed by atoms with Crippen LogP contribution in [0, 0.1) is 0 Å². The van der Waals surface area contributed by atoms with E-state index in [2.05, 4.69) is 6.92 Å². The van der Waals surface area contributed by atoms with E-state index >= 15 is 0 Å². The summed E-state index contributed by atoms with van der Waals surface area (Å²) in [5.74, 6) is 1.69. The van der Waals surface area contributed by atoms with E-state index in [0.717, 1.165) is 5.88 Å². The van der Waals surface area contributed by atoms with Gasteiger partial charge in [-0.25, -0.2) is 0 Å². The van der Waals surface area contributed by atoms with Crippen molar-refractivity contribution in [1.82, 2.24) is 0 Å². The number of hydrogen-bond donors (Lipinski definition) is 1. The molecule has 1 aromatic heterocycles. The predicted octanol–water partition coefficient (Wildman–Crippen LogP) is 2.34. The van der Waals surface area contributed by atoms with Crippen molar-refractivity contribution in [1.29, 1.82) is 0 Å². The molecule has 1 amide bonds. The highest BCUT2D eigenvalue weighted by atomic mass is 32.2. The number of pyridine rings is 1. The second-order valence-corrected chi connectivity index (χ2v) is 5.14. The minimum atomic E-state index is -0.368. The molecule has 0 aliphatic carbocycles. The number of rotatable bonds is 8. The van der Waals surface area contributed by atoms with Crippen LogP contribution in [-0.2, 0) is 5.88 Å². The number of unbranched alkanes of at least 4 members (excludes halogenated alkanes) is 3. The van der Waals surface area contributed by atoms with Gasteiger partial charge in [0.1, 0.15) is 5.56 Å². The van der Waals surface area contributed by atoms with Crippen molar-refractivity contribution < 1.29 is 9.36 Å². The number of primary amides is 1. The number of amides is 1. The zero-order chi connectivity index (χ0) is 12.5. The number of nitrogens with two attached hydrogens (primary N) is 1. The molecule has 4 heteroatoms. The van der Waals surface area contributed by atoms with Gasteiger partial charge in [0.05, 0.1) is 0 Å². The van der Waals surface area contributed by atoms with E-state index in [-0.39, 0.29) is 5.91 Å². The molecule has 0 saturated carbocycles. The third-order valence-electron chi connectivity index (χ3n) is 2.53. The van der Waals surface area contributed by atoms with Gasteiger partial charge < -0.3 is 5.73 Å². The number of carbonyl (C=O) groups excluding carboxylic acids is 1. The summed E-state index contributed by atoms with van der Waals surface area (Å²) in [6.45, 7) is 2.22. The first kappa shape index (κ1) is 14.0. The second kappa shape index (κ2) is 8.12. The number of nitrogens with zero attached hydrogens (tertiary/aromatic N) is 1. The lowest BCUT2D eigenvalue weighted by Gasteiger charge is -1.99. The predicted molar refractivity (Wildman–Crippen MR) is 71.8 cm³/mol. The molecule has 0 spiro atoms. The Kier molecular flexibility index (Phi) is 6.70. The molecule has 0 radical (unpaired) electrons. The maximum absolute atomic E-state index is 11.0. The lowest BCUT2D eigenvalue weighted by atomic mass is 10.2. The van der Waals surface area contributed by atoms with E-state index in [1.807, 2.05) is 28.6 Å². The maximum Gasteiger partial charge on any atom is 0.254 e. The van der Waals surface area contributed by atoms with Gasteiger partial charge in [0.25, 0.3) is 5.91 Å². The first-order valence-electron chi connectivity index (χ1n) is 6.10. The molecule has 0 aliphatic heterocycles. The summed E-state index contributed by atoms with van der Waals surface area (Å²) in [4.78, 5) is 11.0. The molecular weight excluding hydrogens is 232 g/mol. The van der Waals surface area contributed by atoms with Gasteiger partial charge in [-0.2, -0.15) is 4.57 Å². The van der Waals surface area contributed by atoms with Crippen LogP contribution in [0.15, 0.2) is 24.5 Å². The molecule has 0 aromatic carbocycles. The molecule has 0 fully saturated rings. The van der Waals surface area contributed by atoms with Gasteiger partial charge in [0, 0.05) is 6.07 Å². The summed E-state index contributed by atoms with van der Waals surface area (Å²) in [6, 6.07) is 3.60. The van der Waals surface area contributed by atoms with Crippen LogP contribution in [0.5, 0.6) is 0 Å². The van der Waals surface area contributed by atoms with Crippen molar-refractivity contribution >= 4 is 17.7 Å². The quantitative estimate of drug-likeness (QED) is 0.571. The lowest BCUT2D eigenvalue weighted by Crippen LogP contribution is -2.33. The van der Waals surface area contributed by atoms with Crippen LogP contribution in [0.25, 0.3) is 0 Å². The lowest BCUT2D eigenvalue weighted by molar-refractivity contribution is -0.676. The van der Waals surface area contributed by atoms with Gasteiger partial charge in [-0.3, -0.25) is 4.79 Å². The fourth-order valence-electron chi connectivity index (χ4n) is 1.55. The summed E-state index contributed by atoms with van der Waals surface area (Å²) >= 11 is 1.89. The Labute approximate surface area is 107 Å². The molecule has 3 nitrogen and oxygen atoms in total. The Morgan fingerprint density at radius 3 is 2.94 bits per heavy atom. The molecule has 0 bridgehead atoms. The van der Waals surface area contributed by atoms with Gasteiger partial charge in [-0.1, -0.05) is 37.9 Å². The molecule has 0 unspecified atom stereocenters. The average molecular weight is 253 g/mol. The van der Waals surface area contributed by atoms with Gasteiger partial charge in [-0.05, 0) is 18.2 Å². The highest BCUT2D eigenvalue weighted by molar-refractivity contribution is 7.98. The molecule has 94 valence electrons. The van der Waals surface area contributed by atoms with Crippen LogP contribution in [0.4, 0.5) is 0 Å². The van der Waals surface area contributed by atoms with Gasteiger partial charge >= 0.3 is 0 Å². The zero-order valence-electron chi connectivity index (χ0n) is 10.4. The summed E-state index contributed by atoms with van der Waals surface area (Å²) in [5.41, 5.74) is 5.80. The van der Waals surface area contributed by atoms with E-state index in [4.69, 9.17) is 5.73 Å². The first-order valence-corrected chi connectivity index (χ1v) is 7.26. The van der Waals surface area contributed by atoms with E-state index in [0.29, 0.717) is 5.56 Å². The van der Waals surface area contributed by atoms with E-state index in [1.165, 1.54) is 31.4 Å². The molecule has 2 N–H and O–H groups in total. The van der Waals surface area contributed by atoms with Gasteiger partial charge in [0.2, 0.25) is 0 Å². The Bertz CT molecular complexity index is 355. The number of aromatic nitrogens is 1. The van der Waals surface area contributed by atoms with E-state index in [9.17, 15) is 4.79 Å². The van der Waals surface area contributed by atoms with Crippen LogP contribution in [0.1, 0.15) is 43.0 Å². The normalized spacial score (nSPS) is 10.4. The van der Waals surface area contributed by atoms with Crippen LogP contribution in [-0.4, -0.2) is 11.7 Å². The number of hydrogen-bond acceptors (Lipinski definition) is 2. The van der Waals surface area contributed by atoms with E-state index < -0.39 is 0 Å². The molecule has 1 heterocycles. The smallest absolute Gasteiger partial charge is 0.254 e. The monoisotopic (exact) mass is 253 g/mol. The highest BCUT2D eigenvalue weighted by Gasteiger charge is 2.06. The van der Waals surface area contributed by atoms with Crippen LogP contribution in [0.3, 0.4) is 0 Å². The molecule has 0 aliphatic rings. The van der Waals surface area contributed by atoms with Gasteiger partial charge in [-0.15, -0.1) is 0 Å². The average Bonchev–Trinajstić information content (AvgIpc) is 2.34. The molecular formula is C13H21N2OS+. The van der Waals surface area contributed by atoms with Crippen LogP contribution < -0.4 is 10.3 Å². The van der Waals surface area contributed by atoms with Crippen molar-refractivity contribution in [3.63, 3.8) is 0 Å². The van der Waals surface area contributed by atoms with Crippen molar-refractivity contribution in [3.8, 4) is 0 Å². The van der Waals surface area contributed by atoms with Crippen molar-refractivity contribution in [2.24, 2.45) is 5.73 Å². The van der Waals surface area contributed by atoms with Crippen molar-refractivity contribution in [2.75, 3.05) is 5.75 Å². The van der Waals surface area contributed by atoms with Gasteiger partial charge in [0.15, 0.2) is 18.3 Å². The molecule has 1 aromatic rings. The van der Waals surface area contributed by atoms with E-state index in [1.54, 1.807) is 12.3 Å². The Balaban J connectivity index is 2.27. The minimum Gasteiger partial charge on any atom is -0.365 e. The first-order chi connectivity index (χ1) is 8.24. The minimum absolute atomic E-state index is 0.368. The second-order valence-electron chi connectivity index (χ2n) is 4.07. The van der Waals surface area contributed by atoms with Crippen molar-refractivity contribution in [3.05, 3.63) is 30.1 Å². The Morgan fingerprint density at radius 1 is 1.41 bits per heavy atom. The molecule has 0 saturated heterocycles. The highest BCUT2D eigenvalue weighted by Crippen LogP contribution is 2.07. The molecule has 17 heavy (non-hydrogen) atoms. The summed E-state index contributed by atoms with van der Waals surface area (Å²) < 4.78 is 2.00. The third-order valence-corrected chi connectivity index (χ3v) is 3.58. The Morgan fingerprint density at radius 2 is 2.24 bits per heavy atom. The summed E-state index contributed by atoms with van der Waals surface area (Å²) in [5, 5.41) is 0. The fraction of sp³-hybridized carbons (Fsp3) is 0.538. The zero-order valence-corrected chi connectivity index (χ0v) is 11.2. The number of thioether (sulfide) groups is 1. The fourth-order valence-corrected chi connectivity index (χ4v) is 2.46. The topological polar surface area (TPSA) is 47.0 Å². The van der Waals surface area contributed by atoms with Crippen LogP contribution >= 0.6 is 11.8 Å². The largest absolute Gasteiger partial charge is 0.365 e. The standard InChI is InChI=1S/C13H20N2OS/c1-2-3-4-5-9-17-11-15-8-6-7-12(10-15)13(14)16/h6-8,10H,2-5,9,11H2,1H3,(H-,14,16)/p+1. The Hall–Kier alpha value is -1.03. The maximum atomic E-state index is 11.0. The molecule has 0 atom stereocenters. The third kappa shape index (κ3) is 5.73. The molecule has 1 rings (SSSR count). The van der Waals surface area contributed by atoms with Crippen LogP contribution in [0.2, 0.25) is 0 Å². The summed E-state index contributed by atoms with van der Waals surface area (Å²) in [7, 11) is 0. The summed E-state index contributed by atoms with van der Waals surface area (Å²) in [6.07, 6.45) is 8.96. The van der Waals surface area contributed by atoms with Crippen molar-refractivity contribution in [2.45, 2.75) is 38.5 Å².